The Morgan fingerprint density at radius 1 is 1.22 bits per heavy atom. The number of ether oxygens (including phenoxy) is 1. The minimum absolute atomic E-state index is 0. The molecule has 0 spiro atoms. The van der Waals surface area contributed by atoms with Crippen LogP contribution in [0.2, 0.25) is 0 Å². The van der Waals surface area contributed by atoms with Gasteiger partial charge in [0.1, 0.15) is 5.75 Å². The van der Waals surface area contributed by atoms with Gasteiger partial charge < -0.3 is 15.8 Å². The number of carbonyl (C=O) groups is 2. The summed E-state index contributed by atoms with van der Waals surface area (Å²) in [5, 5.41) is 2.07. The molecule has 0 fully saturated rings. The lowest BCUT2D eigenvalue weighted by Crippen LogP contribution is -2.41. The van der Waals surface area contributed by atoms with Crippen molar-refractivity contribution in [1.29, 1.82) is 0 Å². The van der Waals surface area contributed by atoms with E-state index < -0.39 is 24.9 Å². The van der Waals surface area contributed by atoms with Gasteiger partial charge in [0, 0.05) is 18.4 Å². The van der Waals surface area contributed by atoms with Crippen LogP contribution in [0.4, 0.5) is 8.78 Å². The van der Waals surface area contributed by atoms with Gasteiger partial charge in [-0.25, -0.2) is 8.78 Å². The number of nitrogens with one attached hydrogen (secondary N) is 1. The second-order valence-electron chi connectivity index (χ2n) is 4.72. The number of rotatable bonds is 9. The maximum atomic E-state index is 12.9. The van der Waals surface area contributed by atoms with Gasteiger partial charge in [-0.1, -0.05) is 0 Å². The van der Waals surface area contributed by atoms with Crippen molar-refractivity contribution in [2.45, 2.75) is 25.7 Å². The van der Waals surface area contributed by atoms with Gasteiger partial charge in [-0.2, -0.15) is 0 Å². The standard InChI is InChI=1S/C15H20F2N2O3.ClH/c1-2-22-12-5-3-11(4-6-12)13(20)7-8-14(21)19-10-15(16,17)9-18;/h3-6H,2,7-10,18H2,1H3,(H,19,21);1H. The Hall–Kier alpha value is -1.73. The zero-order valence-electron chi connectivity index (χ0n) is 12.8. The Kier molecular flexibility index (Phi) is 9.36. The first kappa shape index (κ1) is 21.3. The summed E-state index contributed by atoms with van der Waals surface area (Å²) in [5.74, 6) is -3.31. The number of hydrogen-bond acceptors (Lipinski definition) is 4. The van der Waals surface area contributed by atoms with Crippen LogP contribution in [0, 0.1) is 0 Å². The van der Waals surface area contributed by atoms with Crippen LogP contribution in [-0.2, 0) is 4.79 Å². The number of hydrogen-bond donors (Lipinski definition) is 2. The summed E-state index contributed by atoms with van der Waals surface area (Å²) in [7, 11) is 0. The lowest BCUT2D eigenvalue weighted by molar-refractivity contribution is -0.122. The number of halogens is 3. The van der Waals surface area contributed by atoms with Crippen LogP contribution >= 0.6 is 12.4 Å². The van der Waals surface area contributed by atoms with Crippen molar-refractivity contribution in [2.24, 2.45) is 5.73 Å². The molecule has 0 radical (unpaired) electrons. The lowest BCUT2D eigenvalue weighted by Gasteiger charge is -2.14. The maximum absolute atomic E-state index is 12.9. The molecule has 1 aromatic carbocycles. The van der Waals surface area contributed by atoms with E-state index in [0.717, 1.165) is 0 Å². The number of benzene rings is 1. The van der Waals surface area contributed by atoms with E-state index in [1.54, 1.807) is 24.3 Å². The summed E-state index contributed by atoms with van der Waals surface area (Å²) in [6.07, 6.45) is -0.194. The number of nitrogens with two attached hydrogens (primary N) is 1. The lowest BCUT2D eigenvalue weighted by atomic mass is 10.1. The number of carbonyl (C=O) groups excluding carboxylic acids is 2. The van der Waals surface area contributed by atoms with E-state index in [9.17, 15) is 18.4 Å². The zero-order valence-corrected chi connectivity index (χ0v) is 13.6. The molecule has 3 N–H and O–H groups in total. The summed E-state index contributed by atoms with van der Waals surface area (Å²) in [6, 6.07) is 6.54. The van der Waals surface area contributed by atoms with Gasteiger partial charge >= 0.3 is 0 Å². The van der Waals surface area contributed by atoms with Gasteiger partial charge in [-0.15, -0.1) is 12.4 Å². The quantitative estimate of drug-likeness (QED) is 0.669. The highest BCUT2D eigenvalue weighted by Gasteiger charge is 2.27. The third-order valence-corrected chi connectivity index (χ3v) is 2.91. The SMILES string of the molecule is CCOc1ccc(C(=O)CCC(=O)NCC(F)(F)CN)cc1.Cl. The van der Waals surface area contributed by atoms with Gasteiger partial charge in [-0.3, -0.25) is 9.59 Å². The van der Waals surface area contributed by atoms with Gasteiger partial charge in [-0.05, 0) is 31.2 Å². The molecule has 23 heavy (non-hydrogen) atoms. The van der Waals surface area contributed by atoms with E-state index in [1.807, 2.05) is 6.92 Å². The molecule has 0 saturated carbocycles. The van der Waals surface area contributed by atoms with Gasteiger partial charge in [0.25, 0.3) is 5.92 Å². The Balaban J connectivity index is 0.00000484. The van der Waals surface area contributed by atoms with Crippen molar-refractivity contribution < 1.29 is 23.1 Å². The fraction of sp³-hybridized carbons (Fsp3) is 0.467. The Labute approximate surface area is 140 Å². The van der Waals surface area contributed by atoms with Crippen LogP contribution in [-0.4, -0.2) is 37.3 Å². The van der Waals surface area contributed by atoms with E-state index in [-0.39, 0.29) is 31.0 Å². The fourth-order valence-corrected chi connectivity index (χ4v) is 1.66. The minimum atomic E-state index is -3.13. The molecule has 5 nitrogen and oxygen atoms in total. The Morgan fingerprint density at radius 2 is 1.83 bits per heavy atom. The van der Waals surface area contributed by atoms with E-state index in [0.29, 0.717) is 17.9 Å². The first-order chi connectivity index (χ1) is 10.4. The molecule has 1 amide bonds. The summed E-state index contributed by atoms with van der Waals surface area (Å²) in [4.78, 5) is 23.3. The molecular weight excluding hydrogens is 330 g/mol. The summed E-state index contributed by atoms with van der Waals surface area (Å²) >= 11 is 0. The Bertz CT molecular complexity index is 510. The third-order valence-electron chi connectivity index (χ3n) is 2.91. The zero-order chi connectivity index (χ0) is 16.6. The topological polar surface area (TPSA) is 81.4 Å². The molecule has 0 unspecified atom stereocenters. The molecule has 130 valence electrons. The van der Waals surface area contributed by atoms with Crippen LogP contribution in [0.1, 0.15) is 30.1 Å². The molecule has 0 heterocycles. The third kappa shape index (κ3) is 7.90. The molecule has 0 aliphatic heterocycles. The maximum Gasteiger partial charge on any atom is 0.277 e. The van der Waals surface area contributed by atoms with Crippen molar-refractivity contribution in [3.63, 3.8) is 0 Å². The predicted molar refractivity (Wildman–Crippen MR) is 85.4 cm³/mol. The Morgan fingerprint density at radius 3 is 2.35 bits per heavy atom. The van der Waals surface area contributed by atoms with Crippen molar-refractivity contribution >= 4 is 24.1 Å². The van der Waals surface area contributed by atoms with E-state index in [4.69, 9.17) is 10.5 Å². The molecular formula is C15H21ClF2N2O3. The molecule has 0 aliphatic carbocycles. The molecule has 1 aromatic rings. The van der Waals surface area contributed by atoms with Gasteiger partial charge in [0.05, 0.1) is 19.7 Å². The van der Waals surface area contributed by atoms with Crippen LogP contribution in [0.3, 0.4) is 0 Å². The number of ketones is 1. The van der Waals surface area contributed by atoms with Crippen molar-refractivity contribution in [1.82, 2.24) is 5.32 Å². The highest BCUT2D eigenvalue weighted by atomic mass is 35.5. The fourth-order valence-electron chi connectivity index (χ4n) is 1.66. The van der Waals surface area contributed by atoms with Crippen LogP contribution in [0.5, 0.6) is 5.75 Å². The molecule has 8 heteroatoms. The van der Waals surface area contributed by atoms with Crippen molar-refractivity contribution in [2.75, 3.05) is 19.7 Å². The van der Waals surface area contributed by atoms with Gasteiger partial charge in [0.2, 0.25) is 5.91 Å². The van der Waals surface area contributed by atoms with Crippen molar-refractivity contribution in [3.8, 4) is 5.75 Å². The van der Waals surface area contributed by atoms with Crippen LogP contribution in [0.15, 0.2) is 24.3 Å². The highest BCUT2D eigenvalue weighted by Crippen LogP contribution is 2.14. The predicted octanol–water partition coefficient (Wildman–Crippen LogP) is 2.18. The largest absolute Gasteiger partial charge is 0.494 e. The van der Waals surface area contributed by atoms with E-state index in [2.05, 4.69) is 5.32 Å². The summed E-state index contributed by atoms with van der Waals surface area (Å²) in [6.45, 7) is 0.727. The first-order valence-corrected chi connectivity index (χ1v) is 6.98. The number of amides is 1. The normalized spacial score (nSPS) is 10.6. The number of alkyl halides is 2. The number of Topliss-reactive ketones (excluding diaryl/α,β-unsaturated/α-hetero) is 1. The molecule has 0 saturated heterocycles. The summed E-state index contributed by atoms with van der Waals surface area (Å²) < 4.78 is 31.0. The monoisotopic (exact) mass is 350 g/mol. The highest BCUT2D eigenvalue weighted by molar-refractivity contribution is 5.98. The summed E-state index contributed by atoms with van der Waals surface area (Å²) in [5.41, 5.74) is 5.31. The molecule has 1 rings (SSSR count). The van der Waals surface area contributed by atoms with E-state index in [1.165, 1.54) is 0 Å². The minimum Gasteiger partial charge on any atom is -0.494 e. The van der Waals surface area contributed by atoms with Gasteiger partial charge in [0.15, 0.2) is 5.78 Å². The molecule has 0 atom stereocenters. The second-order valence-corrected chi connectivity index (χ2v) is 4.72. The first-order valence-electron chi connectivity index (χ1n) is 6.98. The van der Waals surface area contributed by atoms with Crippen LogP contribution in [0.25, 0.3) is 0 Å². The average molecular weight is 351 g/mol. The molecule has 0 aromatic heterocycles. The smallest absolute Gasteiger partial charge is 0.277 e. The molecule has 0 bridgehead atoms. The molecule has 0 aliphatic rings. The van der Waals surface area contributed by atoms with Crippen molar-refractivity contribution in [3.05, 3.63) is 29.8 Å². The van der Waals surface area contributed by atoms with Crippen LogP contribution < -0.4 is 15.8 Å². The second kappa shape index (κ2) is 10.1. The van der Waals surface area contributed by atoms with E-state index >= 15 is 0 Å². The average Bonchev–Trinajstić information content (AvgIpc) is 2.52.